The zero-order valence-corrected chi connectivity index (χ0v) is 17.3. The quantitative estimate of drug-likeness (QED) is 0.591. The van der Waals surface area contributed by atoms with Crippen molar-refractivity contribution in [1.29, 1.82) is 0 Å². The van der Waals surface area contributed by atoms with E-state index in [0.717, 1.165) is 37.1 Å². The predicted octanol–water partition coefficient (Wildman–Crippen LogP) is 4.70. The van der Waals surface area contributed by atoms with Crippen LogP contribution in [-0.2, 0) is 26.9 Å². The molecule has 1 atom stereocenters. The Kier molecular flexibility index (Phi) is 5.69. The number of amides is 1. The van der Waals surface area contributed by atoms with Gasteiger partial charge in [0.25, 0.3) is 0 Å². The summed E-state index contributed by atoms with van der Waals surface area (Å²) in [6.45, 7) is 1.87. The summed E-state index contributed by atoms with van der Waals surface area (Å²) in [7, 11) is -4.46. The zero-order chi connectivity index (χ0) is 24.1. The Morgan fingerprint density at radius 2 is 1.62 bits per heavy atom. The number of ether oxygens (including phenoxy) is 1. The molecule has 1 aliphatic rings. The second-order valence-corrected chi connectivity index (χ2v) is 10.1. The van der Waals surface area contributed by atoms with Gasteiger partial charge in [-0.15, -0.1) is 0 Å². The van der Waals surface area contributed by atoms with Crippen LogP contribution in [0.3, 0.4) is 0 Å². The van der Waals surface area contributed by atoms with Gasteiger partial charge in [-0.25, -0.2) is 13.2 Å². The van der Waals surface area contributed by atoms with Gasteiger partial charge in [0.05, 0.1) is 34.5 Å². The third-order valence-corrected chi connectivity index (χ3v) is 7.64. The van der Waals surface area contributed by atoms with Crippen molar-refractivity contribution < 1.29 is 44.3 Å². The van der Waals surface area contributed by atoms with E-state index in [1.54, 1.807) is 0 Å². The average Bonchev–Trinajstić information content (AvgIpc) is 3.09. The highest BCUT2D eigenvalue weighted by atomic mass is 32.2. The number of anilines is 1. The lowest BCUT2D eigenvalue weighted by atomic mass is 10.1. The van der Waals surface area contributed by atoms with Crippen molar-refractivity contribution in [1.82, 2.24) is 4.98 Å². The lowest BCUT2D eigenvalue weighted by Gasteiger charge is -2.29. The van der Waals surface area contributed by atoms with E-state index in [2.05, 4.69) is 4.98 Å². The number of hydrogen-bond acceptors (Lipinski definition) is 5. The number of sulfone groups is 1. The van der Waals surface area contributed by atoms with Crippen LogP contribution in [0.2, 0.25) is 0 Å². The number of benzene rings is 1. The minimum absolute atomic E-state index is 0.264. The highest BCUT2D eigenvalue weighted by Gasteiger charge is 2.50. The first-order valence-corrected chi connectivity index (χ1v) is 10.5. The summed E-state index contributed by atoms with van der Waals surface area (Å²) in [5.74, 6) is 0. The van der Waals surface area contributed by atoms with Gasteiger partial charge >= 0.3 is 18.4 Å². The second kappa shape index (κ2) is 7.64. The first-order chi connectivity index (χ1) is 14.5. The van der Waals surface area contributed by atoms with Crippen LogP contribution in [0.25, 0.3) is 0 Å². The van der Waals surface area contributed by atoms with Crippen LogP contribution in [0.5, 0.6) is 0 Å². The summed E-state index contributed by atoms with van der Waals surface area (Å²) in [4.78, 5) is 15.9. The molecule has 32 heavy (non-hydrogen) atoms. The fourth-order valence-corrected chi connectivity index (χ4v) is 4.70. The van der Waals surface area contributed by atoms with Crippen LogP contribution in [-0.4, -0.2) is 36.9 Å². The molecule has 0 unspecified atom stereocenters. The molecule has 0 radical (unpaired) electrons. The number of hydrogen-bond donors (Lipinski definition) is 0. The molecular formula is C19H16F6N2O4S. The highest BCUT2D eigenvalue weighted by molar-refractivity contribution is 7.92. The van der Waals surface area contributed by atoms with E-state index in [9.17, 15) is 39.6 Å². The molecule has 0 aliphatic carbocycles. The highest BCUT2D eigenvalue weighted by Crippen LogP contribution is 2.38. The molecule has 0 spiro atoms. The van der Waals surface area contributed by atoms with Crippen LogP contribution < -0.4 is 4.90 Å². The smallest absolute Gasteiger partial charge is 0.417 e. The lowest BCUT2D eigenvalue weighted by Crippen LogP contribution is -2.46. The molecule has 13 heteroatoms. The normalized spacial score (nSPS) is 18.1. The van der Waals surface area contributed by atoms with Gasteiger partial charge in [-0.2, -0.15) is 26.3 Å². The summed E-state index contributed by atoms with van der Waals surface area (Å²) in [6, 6.07) is 3.77. The summed E-state index contributed by atoms with van der Waals surface area (Å²) in [6.07, 6.45) is -10.5. The van der Waals surface area contributed by atoms with Gasteiger partial charge < -0.3 is 4.74 Å². The third-order valence-electron chi connectivity index (χ3n) is 5.11. The van der Waals surface area contributed by atoms with Crippen molar-refractivity contribution in [2.45, 2.75) is 41.9 Å². The third kappa shape index (κ3) is 4.25. The summed E-state index contributed by atoms with van der Waals surface area (Å²) >= 11 is 0. The van der Waals surface area contributed by atoms with Crippen molar-refractivity contribution in [3.05, 3.63) is 53.9 Å². The van der Waals surface area contributed by atoms with Crippen molar-refractivity contribution >= 4 is 21.6 Å². The fourth-order valence-electron chi connectivity index (χ4n) is 3.08. The first-order valence-electron chi connectivity index (χ1n) is 8.97. The molecule has 3 rings (SSSR count). The van der Waals surface area contributed by atoms with Crippen molar-refractivity contribution in [3.63, 3.8) is 0 Å². The van der Waals surface area contributed by atoms with Gasteiger partial charge in [0.1, 0.15) is 10.9 Å². The number of nitrogens with zero attached hydrogens (tertiary/aromatic N) is 2. The molecule has 1 aromatic carbocycles. The van der Waals surface area contributed by atoms with E-state index in [0.29, 0.717) is 24.4 Å². The van der Waals surface area contributed by atoms with E-state index in [1.165, 1.54) is 0 Å². The Balaban J connectivity index is 1.93. The number of cyclic esters (lactones) is 1. The zero-order valence-electron chi connectivity index (χ0n) is 16.5. The van der Waals surface area contributed by atoms with E-state index >= 15 is 0 Å². The molecule has 0 saturated carbocycles. The van der Waals surface area contributed by atoms with Crippen LogP contribution >= 0.6 is 0 Å². The molecule has 174 valence electrons. The Morgan fingerprint density at radius 3 is 2.22 bits per heavy atom. The summed E-state index contributed by atoms with van der Waals surface area (Å²) < 4.78 is 107. The number of carbonyl (C=O) groups excluding carboxylic acids is 1. The first kappa shape index (κ1) is 23.8. The molecule has 1 saturated heterocycles. The summed E-state index contributed by atoms with van der Waals surface area (Å²) in [5.41, 5.74) is -2.56. The van der Waals surface area contributed by atoms with Gasteiger partial charge in [-0.3, -0.25) is 9.88 Å². The van der Waals surface area contributed by atoms with Crippen LogP contribution in [0.4, 0.5) is 36.8 Å². The van der Waals surface area contributed by atoms with Gasteiger partial charge in [-0.05, 0) is 38.1 Å². The number of carbonyl (C=O) groups is 1. The number of halogens is 6. The van der Waals surface area contributed by atoms with Crippen LogP contribution in [0.1, 0.15) is 25.0 Å². The minimum Gasteiger partial charge on any atom is -0.442 e. The fraction of sp³-hybridized carbons (Fsp3) is 0.368. The Bertz CT molecular complexity index is 1140. The molecule has 1 fully saturated rings. The average molecular weight is 482 g/mol. The van der Waals surface area contributed by atoms with Crippen molar-refractivity contribution in [2.75, 3.05) is 11.4 Å². The SMILES string of the molecule is CC(C)([C@H]1CN(c2cncc(C(F)(F)F)c2)C(=O)O1)S(=O)(=O)c1cccc(C(F)(F)F)c1. The largest absolute Gasteiger partial charge is 0.442 e. The Morgan fingerprint density at radius 1 is 1.00 bits per heavy atom. The minimum atomic E-state index is -4.78. The second-order valence-electron chi connectivity index (χ2n) is 7.55. The monoisotopic (exact) mass is 482 g/mol. The molecular weight excluding hydrogens is 466 g/mol. The molecule has 2 heterocycles. The molecule has 1 amide bonds. The topological polar surface area (TPSA) is 76.6 Å². The van der Waals surface area contributed by atoms with E-state index < -0.39 is 61.7 Å². The number of aromatic nitrogens is 1. The molecule has 2 aromatic rings. The van der Waals surface area contributed by atoms with E-state index in [4.69, 9.17) is 4.74 Å². The van der Waals surface area contributed by atoms with Crippen LogP contribution in [0.15, 0.2) is 47.6 Å². The molecule has 0 N–H and O–H groups in total. The van der Waals surface area contributed by atoms with E-state index in [-0.39, 0.29) is 5.69 Å². The standard InChI is InChI=1S/C19H16F6N2O4S/c1-17(2,32(29,30)14-5-3-4-11(7-14)18(20,21)22)15-10-27(16(28)31-15)13-6-12(8-26-9-13)19(23,24)25/h3-9,15H,10H2,1-2H3/t15-/m1/s1. The number of alkyl halides is 6. The Hall–Kier alpha value is -2.83. The van der Waals surface area contributed by atoms with Crippen molar-refractivity contribution in [2.24, 2.45) is 0 Å². The van der Waals surface area contributed by atoms with Crippen LogP contribution in [0, 0.1) is 0 Å². The lowest BCUT2D eigenvalue weighted by molar-refractivity contribution is -0.138. The number of rotatable bonds is 4. The molecule has 6 nitrogen and oxygen atoms in total. The maximum absolute atomic E-state index is 13.1. The van der Waals surface area contributed by atoms with Gasteiger partial charge in [0, 0.05) is 6.20 Å². The maximum atomic E-state index is 13.1. The van der Waals surface area contributed by atoms with Crippen molar-refractivity contribution in [3.8, 4) is 0 Å². The van der Waals surface area contributed by atoms with E-state index in [1.807, 2.05) is 0 Å². The molecule has 1 aromatic heterocycles. The molecule has 1 aliphatic heterocycles. The maximum Gasteiger partial charge on any atom is 0.417 e. The van der Waals surface area contributed by atoms with Gasteiger partial charge in [0.2, 0.25) is 0 Å². The van der Waals surface area contributed by atoms with Gasteiger partial charge in [0.15, 0.2) is 9.84 Å². The van der Waals surface area contributed by atoms with Gasteiger partial charge in [-0.1, -0.05) is 6.07 Å². The Labute approximate surface area is 178 Å². The predicted molar refractivity (Wildman–Crippen MR) is 99.6 cm³/mol. The number of pyridine rings is 1. The molecule has 0 bridgehead atoms. The summed E-state index contributed by atoms with van der Waals surface area (Å²) in [5, 5.41) is 0.